The Labute approximate surface area is 166 Å². The fourth-order valence-electron chi connectivity index (χ4n) is 3.13. The highest BCUT2D eigenvalue weighted by Gasteiger charge is 2.31. The number of carboxylic acid groups (broad SMARTS) is 2. The molecule has 2 aromatic carbocycles. The van der Waals surface area contributed by atoms with Crippen molar-refractivity contribution in [1.29, 1.82) is 0 Å². The van der Waals surface area contributed by atoms with Gasteiger partial charge in [0.1, 0.15) is 16.9 Å². The number of nitrogens with one attached hydrogen (secondary N) is 1. The minimum absolute atomic E-state index is 0.0481. The number of anilines is 1. The quantitative estimate of drug-likeness (QED) is 0.511. The molecule has 0 bridgehead atoms. The lowest BCUT2D eigenvalue weighted by Crippen LogP contribution is -2.24. The summed E-state index contributed by atoms with van der Waals surface area (Å²) in [6.45, 7) is 0. The Kier molecular flexibility index (Phi) is 5.09. The van der Waals surface area contributed by atoms with E-state index in [1.165, 1.54) is 30.3 Å². The highest BCUT2D eigenvalue weighted by Crippen LogP contribution is 2.38. The van der Waals surface area contributed by atoms with Crippen molar-refractivity contribution in [2.24, 2.45) is 0 Å². The Balaban J connectivity index is 2.43. The van der Waals surface area contributed by atoms with Crippen molar-refractivity contribution in [2.75, 3.05) is 5.73 Å². The second-order valence-electron chi connectivity index (χ2n) is 6.23. The van der Waals surface area contributed by atoms with E-state index in [0.717, 1.165) is 18.2 Å². The first-order chi connectivity index (χ1) is 14.0. The fourth-order valence-corrected chi connectivity index (χ4v) is 3.13. The molecule has 0 atom stereocenters. The zero-order valence-corrected chi connectivity index (χ0v) is 14.9. The number of rotatable bonds is 4. The Morgan fingerprint density at radius 1 is 0.900 bits per heavy atom. The summed E-state index contributed by atoms with van der Waals surface area (Å²) < 4.78 is 39.4. The molecule has 30 heavy (non-hydrogen) atoms. The van der Waals surface area contributed by atoms with Crippen LogP contribution in [0.15, 0.2) is 53.3 Å². The molecule has 0 amide bonds. The highest BCUT2D eigenvalue weighted by molar-refractivity contribution is 6.09. The van der Waals surface area contributed by atoms with Crippen molar-refractivity contribution >= 4 is 17.8 Å². The molecular weight excluding hydrogens is 405 g/mol. The van der Waals surface area contributed by atoms with E-state index in [0.29, 0.717) is 0 Å². The van der Waals surface area contributed by atoms with E-state index in [-0.39, 0.29) is 16.7 Å². The van der Waals surface area contributed by atoms with E-state index in [9.17, 15) is 37.8 Å². The number of aromatic nitrogens is 1. The van der Waals surface area contributed by atoms with Crippen LogP contribution in [0.25, 0.3) is 22.3 Å². The van der Waals surface area contributed by atoms with E-state index < -0.39 is 51.7 Å². The Morgan fingerprint density at radius 2 is 1.50 bits per heavy atom. The van der Waals surface area contributed by atoms with Gasteiger partial charge in [-0.25, -0.2) is 9.59 Å². The second kappa shape index (κ2) is 7.39. The van der Waals surface area contributed by atoms with Gasteiger partial charge < -0.3 is 20.9 Å². The molecule has 5 N–H and O–H groups in total. The number of carbonyl (C=O) groups is 2. The smallest absolute Gasteiger partial charge is 0.416 e. The molecule has 0 saturated heterocycles. The normalized spacial score (nSPS) is 11.3. The van der Waals surface area contributed by atoms with Gasteiger partial charge in [0.25, 0.3) is 5.56 Å². The first-order valence-corrected chi connectivity index (χ1v) is 8.31. The van der Waals surface area contributed by atoms with Crippen LogP contribution in [0.2, 0.25) is 0 Å². The lowest BCUT2D eigenvalue weighted by molar-refractivity contribution is -0.137. The molecule has 0 aliphatic rings. The Morgan fingerprint density at radius 3 is 2.07 bits per heavy atom. The molecule has 0 spiro atoms. The zero-order valence-electron chi connectivity index (χ0n) is 14.9. The van der Waals surface area contributed by atoms with Gasteiger partial charge in [0.2, 0.25) is 0 Å². The molecular formula is C20H13F3N2O5. The fraction of sp³-hybridized carbons (Fsp3) is 0.0500. The van der Waals surface area contributed by atoms with Crippen LogP contribution in [-0.2, 0) is 6.18 Å². The Hall–Kier alpha value is -4.08. The standard InChI is InChI=1S/C20H13F3N2O5/c21-20(22,23)10-5-3-4-9(8-10)11-6-1-2-7-12(11)13-14(18(27)28)16(24)25-17(26)15(13)19(29)30/h1-8H,(H,27,28)(H,29,30)(H3,24,25,26). The van der Waals surface area contributed by atoms with Gasteiger partial charge in [0.05, 0.1) is 5.56 Å². The average Bonchev–Trinajstić information content (AvgIpc) is 2.66. The summed E-state index contributed by atoms with van der Waals surface area (Å²) in [6.07, 6.45) is -4.63. The van der Waals surface area contributed by atoms with Crippen LogP contribution >= 0.6 is 0 Å². The number of aromatic carboxylic acids is 2. The lowest BCUT2D eigenvalue weighted by Gasteiger charge is -2.16. The predicted molar refractivity (Wildman–Crippen MR) is 101 cm³/mol. The maximum absolute atomic E-state index is 13.1. The maximum Gasteiger partial charge on any atom is 0.416 e. The number of alkyl halides is 3. The minimum atomic E-state index is -4.63. The van der Waals surface area contributed by atoms with Crippen LogP contribution in [0.4, 0.5) is 19.0 Å². The number of H-pyrrole nitrogens is 1. The molecule has 0 fully saturated rings. The van der Waals surface area contributed by atoms with Gasteiger partial charge in [-0.15, -0.1) is 0 Å². The number of hydrogen-bond donors (Lipinski definition) is 4. The van der Waals surface area contributed by atoms with Crippen molar-refractivity contribution in [1.82, 2.24) is 4.98 Å². The molecule has 0 aliphatic heterocycles. The number of benzene rings is 2. The number of pyridine rings is 1. The highest BCUT2D eigenvalue weighted by atomic mass is 19.4. The minimum Gasteiger partial charge on any atom is -0.478 e. The summed E-state index contributed by atoms with van der Waals surface area (Å²) in [5.41, 5.74) is 1.55. The molecule has 1 heterocycles. The van der Waals surface area contributed by atoms with Crippen molar-refractivity contribution < 1.29 is 33.0 Å². The summed E-state index contributed by atoms with van der Waals surface area (Å²) in [5.74, 6) is -3.90. The monoisotopic (exact) mass is 418 g/mol. The van der Waals surface area contributed by atoms with Crippen LogP contribution < -0.4 is 11.3 Å². The maximum atomic E-state index is 13.1. The van der Waals surface area contributed by atoms with Gasteiger partial charge in [-0.1, -0.05) is 36.4 Å². The molecule has 0 unspecified atom stereocenters. The van der Waals surface area contributed by atoms with Gasteiger partial charge in [0.15, 0.2) is 0 Å². The van der Waals surface area contributed by atoms with Gasteiger partial charge in [0, 0.05) is 5.56 Å². The molecule has 0 radical (unpaired) electrons. The predicted octanol–water partition coefficient (Wildman–Crippen LogP) is 3.71. The topological polar surface area (TPSA) is 133 Å². The number of aromatic amines is 1. The van der Waals surface area contributed by atoms with Gasteiger partial charge in [-0.2, -0.15) is 13.2 Å². The van der Waals surface area contributed by atoms with Crippen LogP contribution in [0.1, 0.15) is 26.3 Å². The van der Waals surface area contributed by atoms with Crippen molar-refractivity contribution in [3.05, 3.63) is 75.6 Å². The SMILES string of the molecule is Nc1[nH]c(=O)c(C(=O)O)c(-c2ccccc2-c2cccc(C(F)(F)F)c2)c1C(=O)O. The summed E-state index contributed by atoms with van der Waals surface area (Å²) in [4.78, 5) is 37.7. The molecule has 154 valence electrons. The molecule has 3 aromatic rings. The number of nitrogens with two attached hydrogens (primary N) is 1. The van der Waals surface area contributed by atoms with E-state index >= 15 is 0 Å². The largest absolute Gasteiger partial charge is 0.478 e. The molecule has 0 saturated carbocycles. The van der Waals surface area contributed by atoms with Gasteiger partial charge >= 0.3 is 18.1 Å². The van der Waals surface area contributed by atoms with Crippen LogP contribution in [0.3, 0.4) is 0 Å². The third-order valence-corrected chi connectivity index (χ3v) is 4.37. The molecule has 7 nitrogen and oxygen atoms in total. The van der Waals surface area contributed by atoms with E-state index in [4.69, 9.17) is 5.73 Å². The zero-order chi connectivity index (χ0) is 22.2. The number of hydrogen-bond acceptors (Lipinski definition) is 4. The molecule has 0 aliphatic carbocycles. The van der Waals surface area contributed by atoms with E-state index in [1.54, 1.807) is 0 Å². The van der Waals surface area contributed by atoms with Gasteiger partial charge in [-0.05, 0) is 28.8 Å². The third-order valence-electron chi connectivity index (χ3n) is 4.37. The van der Waals surface area contributed by atoms with E-state index in [2.05, 4.69) is 0 Å². The van der Waals surface area contributed by atoms with Crippen molar-refractivity contribution in [3.63, 3.8) is 0 Å². The molecule has 3 rings (SSSR count). The molecule has 1 aromatic heterocycles. The van der Waals surface area contributed by atoms with Gasteiger partial charge in [-0.3, -0.25) is 4.79 Å². The Bertz CT molecular complexity index is 1230. The number of carboxylic acids is 2. The van der Waals surface area contributed by atoms with Crippen molar-refractivity contribution in [3.8, 4) is 22.3 Å². The first-order valence-electron chi connectivity index (χ1n) is 8.31. The average molecular weight is 418 g/mol. The second-order valence-corrected chi connectivity index (χ2v) is 6.23. The summed E-state index contributed by atoms with van der Waals surface area (Å²) in [7, 11) is 0. The molecule has 10 heteroatoms. The summed E-state index contributed by atoms with van der Waals surface area (Å²) in [5, 5.41) is 19.1. The first kappa shape index (κ1) is 20.6. The number of nitrogen functional groups attached to an aromatic ring is 1. The third kappa shape index (κ3) is 3.62. The van der Waals surface area contributed by atoms with E-state index in [1.807, 2.05) is 4.98 Å². The lowest BCUT2D eigenvalue weighted by atomic mass is 9.89. The number of halogens is 3. The summed E-state index contributed by atoms with van der Waals surface area (Å²) in [6, 6.07) is 9.83. The summed E-state index contributed by atoms with van der Waals surface area (Å²) >= 11 is 0. The van der Waals surface area contributed by atoms with Crippen LogP contribution in [0.5, 0.6) is 0 Å². The van der Waals surface area contributed by atoms with Crippen molar-refractivity contribution in [2.45, 2.75) is 6.18 Å². The van der Waals surface area contributed by atoms with Crippen LogP contribution in [0, 0.1) is 0 Å². The van der Waals surface area contributed by atoms with Crippen LogP contribution in [-0.4, -0.2) is 27.1 Å².